The first-order valence-electron chi connectivity index (χ1n) is 7.23. The number of H-pyrrole nitrogens is 1. The fourth-order valence-corrected chi connectivity index (χ4v) is 1.94. The highest BCUT2D eigenvalue weighted by Crippen LogP contribution is 2.12. The second-order valence-electron chi connectivity index (χ2n) is 4.94. The van der Waals surface area contributed by atoms with Gasteiger partial charge < -0.3 is 4.74 Å². The summed E-state index contributed by atoms with van der Waals surface area (Å²) in [6, 6.07) is 8.78. The molecule has 1 aromatic carbocycles. The first-order chi connectivity index (χ1) is 12.0. The number of amides is 2. The number of benzene rings is 1. The largest absolute Gasteiger partial charge is 0.497 e. The molecule has 1 aromatic heterocycles. The monoisotopic (exact) mass is 359 g/mol. The Hall–Kier alpha value is -3.20. The van der Waals surface area contributed by atoms with Crippen molar-refractivity contribution >= 4 is 35.2 Å². The molecule has 0 aliphatic carbocycles. The van der Waals surface area contributed by atoms with Gasteiger partial charge in [-0.25, -0.2) is 0 Å². The smallest absolute Gasteiger partial charge is 0.290 e. The second kappa shape index (κ2) is 8.60. The van der Waals surface area contributed by atoms with Crippen molar-refractivity contribution in [1.29, 1.82) is 0 Å². The zero-order valence-corrected chi connectivity index (χ0v) is 14.4. The number of hydrogen-bond donors (Lipinski definition) is 4. The average Bonchev–Trinajstić information content (AvgIpc) is 3.05. The molecular formula is C16H17N5O3S. The quantitative estimate of drug-likeness (QED) is 0.370. The van der Waals surface area contributed by atoms with E-state index in [9.17, 15) is 9.59 Å². The number of rotatable bonds is 4. The number of methoxy groups -OCH3 is 1. The minimum Gasteiger partial charge on any atom is -0.497 e. The van der Waals surface area contributed by atoms with E-state index < -0.39 is 11.8 Å². The van der Waals surface area contributed by atoms with Gasteiger partial charge in [-0.1, -0.05) is 12.1 Å². The summed E-state index contributed by atoms with van der Waals surface area (Å²) in [5.74, 6) is -0.178. The first-order valence-corrected chi connectivity index (χ1v) is 7.64. The average molecular weight is 359 g/mol. The first kappa shape index (κ1) is 18.1. The van der Waals surface area contributed by atoms with Gasteiger partial charge in [-0.05, 0) is 49.0 Å². The molecule has 0 unspecified atom stereocenters. The van der Waals surface area contributed by atoms with Crippen LogP contribution in [0, 0.1) is 6.92 Å². The van der Waals surface area contributed by atoms with E-state index in [1.165, 1.54) is 6.08 Å². The van der Waals surface area contributed by atoms with Crippen molar-refractivity contribution in [2.75, 3.05) is 7.11 Å². The molecular weight excluding hydrogens is 342 g/mol. The van der Waals surface area contributed by atoms with Crippen LogP contribution in [0.25, 0.3) is 6.08 Å². The van der Waals surface area contributed by atoms with Gasteiger partial charge in [-0.2, -0.15) is 5.10 Å². The molecule has 2 amide bonds. The van der Waals surface area contributed by atoms with E-state index in [-0.39, 0.29) is 10.8 Å². The Morgan fingerprint density at radius 2 is 1.96 bits per heavy atom. The van der Waals surface area contributed by atoms with Gasteiger partial charge >= 0.3 is 0 Å². The van der Waals surface area contributed by atoms with Crippen molar-refractivity contribution in [2.24, 2.45) is 0 Å². The molecule has 0 aliphatic heterocycles. The highest BCUT2D eigenvalue weighted by Gasteiger charge is 2.09. The van der Waals surface area contributed by atoms with E-state index in [1.54, 1.807) is 38.3 Å². The molecule has 4 N–H and O–H groups in total. The molecule has 25 heavy (non-hydrogen) atoms. The lowest BCUT2D eigenvalue weighted by molar-refractivity contribution is -0.115. The molecule has 9 heteroatoms. The number of aromatic amines is 1. The van der Waals surface area contributed by atoms with Crippen LogP contribution in [0.2, 0.25) is 0 Å². The number of hydrogen-bond acceptors (Lipinski definition) is 5. The van der Waals surface area contributed by atoms with Crippen LogP contribution in [0.5, 0.6) is 5.75 Å². The molecule has 0 saturated heterocycles. The van der Waals surface area contributed by atoms with Crippen LogP contribution in [0.3, 0.4) is 0 Å². The lowest BCUT2D eigenvalue weighted by atomic mass is 10.2. The molecule has 0 bridgehead atoms. The van der Waals surface area contributed by atoms with E-state index in [0.717, 1.165) is 17.0 Å². The van der Waals surface area contributed by atoms with Crippen molar-refractivity contribution in [2.45, 2.75) is 6.92 Å². The van der Waals surface area contributed by atoms with Crippen molar-refractivity contribution in [3.05, 3.63) is 53.4 Å². The summed E-state index contributed by atoms with van der Waals surface area (Å²) in [6.45, 7) is 1.78. The van der Waals surface area contributed by atoms with E-state index >= 15 is 0 Å². The number of carbonyl (C=O) groups is 2. The number of aromatic nitrogens is 2. The standard InChI is InChI=1S/C16H17N5O3S/c1-10-9-13(19-18-10)15(23)20-21-16(25)17-14(22)8-5-11-3-6-12(24-2)7-4-11/h3-9H,1-2H3,(H,18,19)(H,20,23)(H2,17,21,22,25)/b8-5+. The van der Waals surface area contributed by atoms with E-state index in [1.807, 2.05) is 12.1 Å². The lowest BCUT2D eigenvalue weighted by Gasteiger charge is -2.08. The predicted octanol–water partition coefficient (Wildman–Crippen LogP) is 1.08. The maximum Gasteiger partial charge on any atom is 0.290 e. The van der Waals surface area contributed by atoms with Crippen LogP contribution in [0.4, 0.5) is 0 Å². The van der Waals surface area contributed by atoms with Gasteiger partial charge in [0, 0.05) is 11.8 Å². The normalized spacial score (nSPS) is 10.3. The minimum atomic E-state index is -0.477. The third-order valence-electron chi connectivity index (χ3n) is 3.01. The molecule has 0 radical (unpaired) electrons. The number of ether oxygens (including phenoxy) is 1. The second-order valence-corrected chi connectivity index (χ2v) is 5.35. The number of aryl methyl sites for hydroxylation is 1. The Morgan fingerprint density at radius 3 is 2.56 bits per heavy atom. The highest BCUT2D eigenvalue weighted by atomic mass is 32.1. The van der Waals surface area contributed by atoms with Crippen LogP contribution < -0.4 is 20.9 Å². The molecule has 0 aliphatic rings. The molecule has 2 rings (SSSR count). The van der Waals surface area contributed by atoms with Gasteiger partial charge in [-0.15, -0.1) is 0 Å². The summed E-state index contributed by atoms with van der Waals surface area (Å²) in [5.41, 5.74) is 6.56. The lowest BCUT2D eigenvalue weighted by Crippen LogP contribution is -2.48. The zero-order valence-electron chi connectivity index (χ0n) is 13.6. The molecule has 0 atom stereocenters. The molecule has 0 spiro atoms. The Bertz CT molecular complexity index is 798. The number of hydrazine groups is 1. The maximum atomic E-state index is 11.8. The van der Waals surface area contributed by atoms with Gasteiger partial charge in [0.1, 0.15) is 5.75 Å². The Morgan fingerprint density at radius 1 is 1.24 bits per heavy atom. The Balaban J connectivity index is 1.78. The van der Waals surface area contributed by atoms with Crippen molar-refractivity contribution < 1.29 is 14.3 Å². The predicted molar refractivity (Wildman–Crippen MR) is 96.7 cm³/mol. The van der Waals surface area contributed by atoms with Crippen LogP contribution in [-0.4, -0.2) is 34.2 Å². The summed E-state index contributed by atoms with van der Waals surface area (Å²) < 4.78 is 5.06. The summed E-state index contributed by atoms with van der Waals surface area (Å²) in [4.78, 5) is 23.5. The summed E-state index contributed by atoms with van der Waals surface area (Å²) in [7, 11) is 1.58. The number of thiocarbonyl (C=S) groups is 1. The molecule has 2 aromatic rings. The Labute approximate surface area is 149 Å². The number of nitrogens with zero attached hydrogens (tertiary/aromatic N) is 1. The van der Waals surface area contributed by atoms with Crippen LogP contribution in [0.15, 0.2) is 36.4 Å². The topological polar surface area (TPSA) is 108 Å². The fourth-order valence-electron chi connectivity index (χ4n) is 1.78. The molecule has 8 nitrogen and oxygen atoms in total. The Kier molecular flexibility index (Phi) is 6.24. The maximum absolute atomic E-state index is 11.8. The third kappa shape index (κ3) is 5.74. The van der Waals surface area contributed by atoms with Crippen LogP contribution in [0.1, 0.15) is 21.7 Å². The van der Waals surface area contributed by atoms with Crippen molar-refractivity contribution in [3.8, 4) is 5.75 Å². The van der Waals surface area contributed by atoms with Gasteiger partial charge in [-0.3, -0.25) is 30.9 Å². The third-order valence-corrected chi connectivity index (χ3v) is 3.21. The van der Waals surface area contributed by atoms with E-state index in [0.29, 0.717) is 0 Å². The summed E-state index contributed by atoms with van der Waals surface area (Å²) in [6.07, 6.45) is 2.96. The van der Waals surface area contributed by atoms with Gasteiger partial charge in [0.2, 0.25) is 5.91 Å². The van der Waals surface area contributed by atoms with E-state index in [4.69, 9.17) is 17.0 Å². The SMILES string of the molecule is COc1ccc(/C=C/C(=O)NC(=S)NNC(=O)c2cc(C)[nH]n2)cc1. The summed E-state index contributed by atoms with van der Waals surface area (Å²) >= 11 is 4.93. The van der Waals surface area contributed by atoms with Crippen LogP contribution >= 0.6 is 12.2 Å². The fraction of sp³-hybridized carbons (Fsp3) is 0.125. The minimum absolute atomic E-state index is 0.0370. The molecule has 0 saturated carbocycles. The molecule has 130 valence electrons. The van der Waals surface area contributed by atoms with Crippen molar-refractivity contribution in [1.82, 2.24) is 26.4 Å². The summed E-state index contributed by atoms with van der Waals surface area (Å²) in [5, 5.41) is 8.83. The van der Waals surface area contributed by atoms with Gasteiger partial charge in [0.05, 0.1) is 7.11 Å². The van der Waals surface area contributed by atoms with Gasteiger partial charge in [0.15, 0.2) is 10.8 Å². The van der Waals surface area contributed by atoms with E-state index in [2.05, 4.69) is 26.4 Å². The number of nitrogens with one attached hydrogen (secondary N) is 4. The highest BCUT2D eigenvalue weighted by molar-refractivity contribution is 7.80. The zero-order chi connectivity index (χ0) is 18.2. The number of carbonyl (C=O) groups excluding carboxylic acids is 2. The molecule has 0 fully saturated rings. The molecule has 1 heterocycles. The van der Waals surface area contributed by atoms with Crippen LogP contribution in [-0.2, 0) is 4.79 Å². The van der Waals surface area contributed by atoms with Gasteiger partial charge in [0.25, 0.3) is 5.91 Å². The van der Waals surface area contributed by atoms with Crippen molar-refractivity contribution in [3.63, 3.8) is 0 Å².